The normalized spacial score (nSPS) is 10.8. The Balaban J connectivity index is 1.58. The molecular weight excluding hydrogens is 354 g/mol. The minimum Gasteiger partial charge on any atom is -0.332 e. The number of amides is 1. The third kappa shape index (κ3) is 4.20. The summed E-state index contributed by atoms with van der Waals surface area (Å²) in [7, 11) is 0. The Morgan fingerprint density at radius 1 is 0.963 bits per heavy atom. The molecule has 1 amide bonds. The van der Waals surface area contributed by atoms with Gasteiger partial charge in [0.2, 0.25) is 0 Å². The monoisotopic (exact) mass is 373 g/mol. The largest absolute Gasteiger partial charge is 0.332 e. The first-order valence-corrected chi connectivity index (χ1v) is 9.74. The van der Waals surface area contributed by atoms with Crippen molar-refractivity contribution < 1.29 is 4.79 Å². The molecule has 4 aromatic rings. The smallest absolute Gasteiger partial charge is 0.254 e. The second kappa shape index (κ2) is 8.10. The lowest BCUT2D eigenvalue weighted by molar-refractivity contribution is 0.0745. The van der Waals surface area contributed by atoms with Gasteiger partial charge in [-0.3, -0.25) is 9.78 Å². The average molecular weight is 373 g/mol. The second-order valence-electron chi connectivity index (χ2n) is 6.30. The van der Waals surface area contributed by atoms with Crippen LogP contribution in [0.25, 0.3) is 10.9 Å². The van der Waals surface area contributed by atoms with Crippen molar-refractivity contribution in [2.24, 2.45) is 0 Å². The summed E-state index contributed by atoms with van der Waals surface area (Å²) < 4.78 is 0. The third-order valence-corrected chi connectivity index (χ3v) is 5.22. The van der Waals surface area contributed by atoms with Crippen molar-refractivity contribution in [3.05, 3.63) is 94.6 Å². The SMILES string of the molecule is O=C(c1ccc2ncccc2c1)N(CCc1ccccc1)Cc1nccs1. The van der Waals surface area contributed by atoms with Crippen LogP contribution >= 0.6 is 11.3 Å². The first-order chi connectivity index (χ1) is 13.3. The van der Waals surface area contributed by atoms with E-state index in [1.54, 1.807) is 23.7 Å². The van der Waals surface area contributed by atoms with Crippen LogP contribution in [0.2, 0.25) is 0 Å². The quantitative estimate of drug-likeness (QED) is 0.497. The molecule has 27 heavy (non-hydrogen) atoms. The first kappa shape index (κ1) is 17.4. The van der Waals surface area contributed by atoms with Gasteiger partial charge >= 0.3 is 0 Å². The zero-order valence-electron chi connectivity index (χ0n) is 14.8. The van der Waals surface area contributed by atoms with E-state index in [-0.39, 0.29) is 5.91 Å². The van der Waals surface area contributed by atoms with Crippen LogP contribution < -0.4 is 0 Å². The summed E-state index contributed by atoms with van der Waals surface area (Å²) in [5, 5.41) is 3.86. The molecule has 0 unspecified atom stereocenters. The molecule has 2 aromatic heterocycles. The van der Waals surface area contributed by atoms with Crippen LogP contribution in [0.1, 0.15) is 20.9 Å². The number of benzene rings is 2. The number of fused-ring (bicyclic) bond motifs is 1. The Morgan fingerprint density at radius 2 is 1.85 bits per heavy atom. The predicted molar refractivity (Wildman–Crippen MR) is 109 cm³/mol. The van der Waals surface area contributed by atoms with Crippen LogP contribution in [0.4, 0.5) is 0 Å². The highest BCUT2D eigenvalue weighted by Gasteiger charge is 2.18. The molecule has 0 atom stereocenters. The van der Waals surface area contributed by atoms with Crippen molar-refractivity contribution in [3.8, 4) is 0 Å². The Labute approximate surface area is 162 Å². The molecule has 0 fully saturated rings. The third-order valence-electron chi connectivity index (χ3n) is 4.46. The average Bonchev–Trinajstić information content (AvgIpc) is 3.24. The lowest BCUT2D eigenvalue weighted by Crippen LogP contribution is -2.32. The molecule has 134 valence electrons. The molecule has 0 aliphatic rings. The number of carbonyl (C=O) groups excluding carboxylic acids is 1. The fourth-order valence-corrected chi connectivity index (χ4v) is 3.68. The minimum absolute atomic E-state index is 0.0203. The van der Waals surface area contributed by atoms with E-state index in [2.05, 4.69) is 22.1 Å². The molecule has 0 saturated heterocycles. The molecule has 0 aliphatic heterocycles. The van der Waals surface area contributed by atoms with E-state index in [0.29, 0.717) is 18.7 Å². The molecule has 4 rings (SSSR count). The van der Waals surface area contributed by atoms with Crippen molar-refractivity contribution in [2.45, 2.75) is 13.0 Å². The molecule has 0 aliphatic carbocycles. The van der Waals surface area contributed by atoms with E-state index in [9.17, 15) is 4.79 Å². The highest BCUT2D eigenvalue weighted by Crippen LogP contribution is 2.17. The molecule has 2 aromatic carbocycles. The van der Waals surface area contributed by atoms with Crippen LogP contribution in [0.5, 0.6) is 0 Å². The molecular formula is C22H19N3OS. The highest BCUT2D eigenvalue weighted by atomic mass is 32.1. The second-order valence-corrected chi connectivity index (χ2v) is 7.28. The van der Waals surface area contributed by atoms with E-state index in [1.165, 1.54) is 5.56 Å². The van der Waals surface area contributed by atoms with Gasteiger partial charge in [0.05, 0.1) is 12.1 Å². The predicted octanol–water partition coefficient (Wildman–Crippen LogP) is 4.58. The maximum Gasteiger partial charge on any atom is 0.254 e. The van der Waals surface area contributed by atoms with E-state index < -0.39 is 0 Å². The standard InChI is InChI=1S/C22H19N3OS/c26-22(19-8-9-20-18(15-19)7-4-11-23-20)25(16-21-24-12-14-27-21)13-10-17-5-2-1-3-6-17/h1-9,11-12,14-15H,10,13,16H2. The van der Waals surface area contributed by atoms with Crippen molar-refractivity contribution in [1.82, 2.24) is 14.9 Å². The van der Waals surface area contributed by atoms with Gasteiger partial charge in [-0.2, -0.15) is 0 Å². The van der Waals surface area contributed by atoms with Gasteiger partial charge in [0, 0.05) is 35.3 Å². The molecule has 0 saturated carbocycles. The van der Waals surface area contributed by atoms with Crippen LogP contribution in [0, 0.1) is 0 Å². The summed E-state index contributed by atoms with van der Waals surface area (Å²) in [4.78, 5) is 23.8. The Kier molecular flexibility index (Phi) is 5.21. The summed E-state index contributed by atoms with van der Waals surface area (Å²) in [6, 6.07) is 19.8. The number of aromatic nitrogens is 2. The minimum atomic E-state index is 0.0203. The van der Waals surface area contributed by atoms with Gasteiger partial charge < -0.3 is 4.90 Å². The highest BCUT2D eigenvalue weighted by molar-refractivity contribution is 7.09. The maximum absolute atomic E-state index is 13.2. The fourth-order valence-electron chi connectivity index (χ4n) is 3.05. The van der Waals surface area contributed by atoms with Gasteiger partial charge in [0.25, 0.3) is 5.91 Å². The summed E-state index contributed by atoms with van der Waals surface area (Å²) in [6.45, 7) is 1.17. The number of hydrogen-bond acceptors (Lipinski definition) is 4. The van der Waals surface area contributed by atoms with E-state index in [0.717, 1.165) is 22.3 Å². The van der Waals surface area contributed by atoms with Gasteiger partial charge in [-0.25, -0.2) is 4.98 Å². The Hall–Kier alpha value is -3.05. The molecule has 5 heteroatoms. The van der Waals surface area contributed by atoms with E-state index in [1.807, 2.05) is 58.8 Å². The molecule has 4 nitrogen and oxygen atoms in total. The number of nitrogens with zero attached hydrogens (tertiary/aromatic N) is 3. The number of thiazole rings is 1. The fraction of sp³-hybridized carbons (Fsp3) is 0.136. The van der Waals surface area contributed by atoms with Gasteiger partial charge in [-0.15, -0.1) is 11.3 Å². The van der Waals surface area contributed by atoms with Gasteiger partial charge in [0.1, 0.15) is 5.01 Å². The molecule has 2 heterocycles. The summed E-state index contributed by atoms with van der Waals surface area (Å²) in [5.74, 6) is 0.0203. The van der Waals surface area contributed by atoms with Crippen LogP contribution in [-0.4, -0.2) is 27.3 Å². The lowest BCUT2D eigenvalue weighted by Gasteiger charge is -2.22. The van der Waals surface area contributed by atoms with Crippen LogP contribution in [0.3, 0.4) is 0 Å². The summed E-state index contributed by atoms with van der Waals surface area (Å²) in [6.07, 6.45) is 4.35. The lowest BCUT2D eigenvalue weighted by atomic mass is 10.1. The van der Waals surface area contributed by atoms with Crippen molar-refractivity contribution in [1.29, 1.82) is 0 Å². The first-order valence-electron chi connectivity index (χ1n) is 8.86. The van der Waals surface area contributed by atoms with Crippen LogP contribution in [0.15, 0.2) is 78.4 Å². The maximum atomic E-state index is 13.2. The topological polar surface area (TPSA) is 46.1 Å². The van der Waals surface area contributed by atoms with Gasteiger partial charge in [0.15, 0.2) is 0 Å². The molecule has 0 spiro atoms. The zero-order chi connectivity index (χ0) is 18.5. The number of carbonyl (C=O) groups is 1. The molecule has 0 bridgehead atoms. The van der Waals surface area contributed by atoms with Gasteiger partial charge in [-0.05, 0) is 36.2 Å². The van der Waals surface area contributed by atoms with E-state index in [4.69, 9.17) is 0 Å². The van der Waals surface area contributed by atoms with Crippen LogP contribution in [-0.2, 0) is 13.0 Å². The molecule has 0 radical (unpaired) electrons. The number of rotatable bonds is 6. The Morgan fingerprint density at radius 3 is 2.67 bits per heavy atom. The van der Waals surface area contributed by atoms with Gasteiger partial charge in [-0.1, -0.05) is 36.4 Å². The van der Waals surface area contributed by atoms with Crippen molar-refractivity contribution >= 4 is 28.1 Å². The van der Waals surface area contributed by atoms with E-state index >= 15 is 0 Å². The summed E-state index contributed by atoms with van der Waals surface area (Å²) >= 11 is 1.57. The summed E-state index contributed by atoms with van der Waals surface area (Å²) in [5.41, 5.74) is 2.79. The zero-order valence-corrected chi connectivity index (χ0v) is 15.6. The number of hydrogen-bond donors (Lipinski definition) is 0. The van der Waals surface area contributed by atoms with Crippen molar-refractivity contribution in [2.75, 3.05) is 6.54 Å². The Bertz CT molecular complexity index is 1030. The van der Waals surface area contributed by atoms with Crippen molar-refractivity contribution in [3.63, 3.8) is 0 Å². The molecule has 0 N–H and O–H groups in total. The number of pyridine rings is 1.